The number of amides is 1. The minimum absolute atomic E-state index is 0.00714. The average Bonchev–Trinajstić information content (AvgIpc) is 2.37. The van der Waals surface area contributed by atoms with Gasteiger partial charge >= 0.3 is 12.1 Å². The van der Waals surface area contributed by atoms with E-state index in [-0.39, 0.29) is 17.0 Å². The third kappa shape index (κ3) is 4.64. The van der Waals surface area contributed by atoms with Crippen LogP contribution in [0.15, 0.2) is 18.2 Å². The second-order valence-corrected chi connectivity index (χ2v) is 5.29. The molecule has 21 heavy (non-hydrogen) atoms. The van der Waals surface area contributed by atoms with Crippen molar-refractivity contribution >= 4 is 17.7 Å². The van der Waals surface area contributed by atoms with E-state index in [2.05, 4.69) is 10.1 Å². The normalized spacial score (nSPS) is 12.4. The van der Waals surface area contributed by atoms with Crippen molar-refractivity contribution in [3.63, 3.8) is 0 Å². The van der Waals surface area contributed by atoms with Gasteiger partial charge in [-0.2, -0.15) is 0 Å². The highest BCUT2D eigenvalue weighted by Crippen LogP contribution is 2.32. The first-order valence-electron chi connectivity index (χ1n) is 6.23. The number of phenolic OH excluding ortho intramolecular Hbond substituents is 1. The predicted octanol–water partition coefficient (Wildman–Crippen LogP) is 1.95. The Morgan fingerprint density at radius 1 is 1.29 bits per heavy atom. The standard InChI is InChI=1S/C14H19NO6/c1-14(2,3)21-13(19)15-10-8(6-5-7-9(10)16)11(17)12(18)20-4/h5-7,11,16-17H,1-4H3,(H,15,19). The number of hydrogen-bond donors (Lipinski definition) is 3. The molecule has 1 atom stereocenters. The van der Waals surface area contributed by atoms with Crippen molar-refractivity contribution in [2.24, 2.45) is 0 Å². The zero-order valence-electron chi connectivity index (χ0n) is 12.3. The molecular weight excluding hydrogens is 278 g/mol. The number of rotatable bonds is 3. The molecule has 0 spiro atoms. The number of ether oxygens (including phenoxy) is 2. The number of para-hydroxylation sites is 1. The van der Waals surface area contributed by atoms with Crippen LogP contribution in [0.3, 0.4) is 0 Å². The van der Waals surface area contributed by atoms with Gasteiger partial charge in [-0.3, -0.25) is 5.32 Å². The molecule has 0 aliphatic carbocycles. The molecule has 7 nitrogen and oxygen atoms in total. The number of aromatic hydroxyl groups is 1. The maximum absolute atomic E-state index is 11.8. The maximum Gasteiger partial charge on any atom is 0.412 e. The Morgan fingerprint density at radius 3 is 2.43 bits per heavy atom. The molecule has 0 heterocycles. The van der Waals surface area contributed by atoms with Gasteiger partial charge in [-0.15, -0.1) is 0 Å². The third-order valence-corrected chi connectivity index (χ3v) is 2.42. The number of benzene rings is 1. The number of nitrogens with one attached hydrogen (secondary N) is 1. The summed E-state index contributed by atoms with van der Waals surface area (Å²) in [5.74, 6) is -1.21. The fourth-order valence-corrected chi connectivity index (χ4v) is 1.57. The average molecular weight is 297 g/mol. The van der Waals surface area contributed by atoms with Crippen molar-refractivity contribution in [3.8, 4) is 5.75 Å². The molecule has 0 aliphatic heterocycles. The summed E-state index contributed by atoms with van der Waals surface area (Å²) < 4.78 is 9.49. The summed E-state index contributed by atoms with van der Waals surface area (Å²) in [6.07, 6.45) is -2.45. The molecule has 116 valence electrons. The second kappa shape index (κ2) is 6.45. The second-order valence-electron chi connectivity index (χ2n) is 5.29. The monoisotopic (exact) mass is 297 g/mol. The predicted molar refractivity (Wildman–Crippen MR) is 74.9 cm³/mol. The molecule has 0 saturated carbocycles. The van der Waals surface area contributed by atoms with Crippen molar-refractivity contribution in [2.75, 3.05) is 12.4 Å². The number of phenols is 1. The quantitative estimate of drug-likeness (QED) is 0.581. The van der Waals surface area contributed by atoms with E-state index in [1.807, 2.05) is 0 Å². The smallest absolute Gasteiger partial charge is 0.412 e. The number of esters is 1. The van der Waals surface area contributed by atoms with Gasteiger partial charge in [0.2, 0.25) is 0 Å². The van der Waals surface area contributed by atoms with Crippen molar-refractivity contribution < 1.29 is 29.3 Å². The zero-order valence-corrected chi connectivity index (χ0v) is 12.3. The lowest BCUT2D eigenvalue weighted by Crippen LogP contribution is -2.28. The van der Waals surface area contributed by atoms with Gasteiger partial charge in [-0.05, 0) is 26.8 Å². The highest BCUT2D eigenvalue weighted by molar-refractivity contribution is 5.90. The number of anilines is 1. The number of hydrogen-bond acceptors (Lipinski definition) is 6. The molecule has 1 rings (SSSR count). The lowest BCUT2D eigenvalue weighted by Gasteiger charge is -2.21. The van der Waals surface area contributed by atoms with Crippen molar-refractivity contribution in [2.45, 2.75) is 32.5 Å². The maximum atomic E-state index is 11.8. The van der Waals surface area contributed by atoms with E-state index in [1.54, 1.807) is 20.8 Å². The summed E-state index contributed by atoms with van der Waals surface area (Å²) in [5, 5.41) is 22.0. The van der Waals surface area contributed by atoms with E-state index in [1.165, 1.54) is 18.2 Å². The summed E-state index contributed by atoms with van der Waals surface area (Å²) >= 11 is 0. The van der Waals surface area contributed by atoms with Crippen molar-refractivity contribution in [3.05, 3.63) is 23.8 Å². The van der Waals surface area contributed by atoms with Gasteiger partial charge in [0.15, 0.2) is 6.10 Å². The van der Waals surface area contributed by atoms with Crippen LogP contribution in [0.5, 0.6) is 5.75 Å². The van der Waals surface area contributed by atoms with Crippen LogP contribution in [0.2, 0.25) is 0 Å². The molecule has 1 aromatic carbocycles. The summed E-state index contributed by atoms with van der Waals surface area (Å²) in [5.41, 5.74) is -0.826. The van der Waals surface area contributed by atoms with Crippen LogP contribution in [0.1, 0.15) is 32.4 Å². The van der Waals surface area contributed by atoms with E-state index >= 15 is 0 Å². The molecule has 1 unspecified atom stereocenters. The van der Waals surface area contributed by atoms with Gasteiger partial charge in [0.25, 0.3) is 0 Å². The molecule has 0 aromatic heterocycles. The van der Waals surface area contributed by atoms with Crippen LogP contribution in [0.4, 0.5) is 10.5 Å². The largest absolute Gasteiger partial charge is 0.506 e. The van der Waals surface area contributed by atoms with Gasteiger partial charge in [-0.25, -0.2) is 9.59 Å². The third-order valence-electron chi connectivity index (χ3n) is 2.42. The Balaban J connectivity index is 3.06. The molecule has 7 heteroatoms. The number of aliphatic hydroxyl groups is 1. The Bertz CT molecular complexity index is 535. The van der Waals surface area contributed by atoms with E-state index in [4.69, 9.17) is 4.74 Å². The van der Waals surface area contributed by atoms with Crippen LogP contribution >= 0.6 is 0 Å². The lowest BCUT2D eigenvalue weighted by atomic mass is 10.1. The van der Waals surface area contributed by atoms with Crippen LogP contribution < -0.4 is 5.32 Å². The SMILES string of the molecule is COC(=O)C(O)c1cccc(O)c1NC(=O)OC(C)(C)C. The van der Waals surface area contributed by atoms with E-state index in [9.17, 15) is 19.8 Å². The molecule has 0 fully saturated rings. The summed E-state index contributed by atoms with van der Waals surface area (Å²) in [7, 11) is 1.12. The van der Waals surface area contributed by atoms with Crippen LogP contribution in [0.25, 0.3) is 0 Å². The minimum Gasteiger partial charge on any atom is -0.506 e. The number of methoxy groups -OCH3 is 1. The Hall–Kier alpha value is -2.28. The van der Waals surface area contributed by atoms with Gasteiger partial charge in [-0.1, -0.05) is 12.1 Å². The molecule has 3 N–H and O–H groups in total. The van der Waals surface area contributed by atoms with Gasteiger partial charge in [0, 0.05) is 5.56 Å². The Kier molecular flexibility index (Phi) is 5.15. The molecular formula is C14H19NO6. The molecule has 0 radical (unpaired) electrons. The fourth-order valence-electron chi connectivity index (χ4n) is 1.57. The summed E-state index contributed by atoms with van der Waals surface area (Å²) in [6.45, 7) is 5.05. The number of aliphatic hydroxyl groups excluding tert-OH is 1. The van der Waals surface area contributed by atoms with E-state index in [0.29, 0.717) is 0 Å². The molecule has 0 aliphatic rings. The van der Waals surface area contributed by atoms with Gasteiger partial charge < -0.3 is 19.7 Å². The summed E-state index contributed by atoms with van der Waals surface area (Å²) in [4.78, 5) is 23.1. The minimum atomic E-state index is -1.63. The number of carbonyl (C=O) groups is 2. The first kappa shape index (κ1) is 16.8. The van der Waals surface area contributed by atoms with Gasteiger partial charge in [0.1, 0.15) is 11.4 Å². The molecule has 1 aromatic rings. The lowest BCUT2D eigenvalue weighted by molar-refractivity contribution is -0.150. The highest BCUT2D eigenvalue weighted by Gasteiger charge is 2.25. The van der Waals surface area contributed by atoms with Crippen LogP contribution in [-0.4, -0.2) is 35.0 Å². The van der Waals surface area contributed by atoms with E-state index in [0.717, 1.165) is 7.11 Å². The van der Waals surface area contributed by atoms with Gasteiger partial charge in [0.05, 0.1) is 12.8 Å². The molecule has 1 amide bonds. The Morgan fingerprint density at radius 2 is 1.90 bits per heavy atom. The topological polar surface area (TPSA) is 105 Å². The zero-order chi connectivity index (χ0) is 16.2. The highest BCUT2D eigenvalue weighted by atomic mass is 16.6. The van der Waals surface area contributed by atoms with E-state index < -0.39 is 23.8 Å². The number of carbonyl (C=O) groups excluding carboxylic acids is 2. The molecule has 0 bridgehead atoms. The fraction of sp³-hybridized carbons (Fsp3) is 0.429. The molecule has 0 saturated heterocycles. The first-order valence-corrected chi connectivity index (χ1v) is 6.23. The summed E-state index contributed by atoms with van der Waals surface area (Å²) in [6, 6.07) is 4.12. The van der Waals surface area contributed by atoms with Crippen LogP contribution in [-0.2, 0) is 14.3 Å². The first-order chi connectivity index (χ1) is 9.65. The Labute approximate surface area is 122 Å². The van der Waals surface area contributed by atoms with Crippen molar-refractivity contribution in [1.82, 2.24) is 0 Å². The van der Waals surface area contributed by atoms with Crippen molar-refractivity contribution in [1.29, 1.82) is 0 Å². The van der Waals surface area contributed by atoms with Crippen LogP contribution in [0, 0.1) is 0 Å².